The molecule has 2 aliphatic heterocycles. The van der Waals surface area contributed by atoms with Gasteiger partial charge in [0.1, 0.15) is 5.41 Å². The topological polar surface area (TPSA) is 164 Å². The molecule has 0 saturated carbocycles. The molecule has 2 aliphatic rings. The molecule has 52 heavy (non-hydrogen) atoms. The van der Waals surface area contributed by atoms with Gasteiger partial charge in [-0.25, -0.2) is 13.3 Å². The van der Waals surface area contributed by atoms with E-state index in [0.29, 0.717) is 16.7 Å². The lowest BCUT2D eigenvalue weighted by Gasteiger charge is -2.33. The van der Waals surface area contributed by atoms with Gasteiger partial charge in [0.05, 0.1) is 32.8 Å². The molecular formula is C37H31F3N4O7S. The minimum Gasteiger partial charge on any atom is -0.366 e. The van der Waals surface area contributed by atoms with E-state index in [1.54, 1.807) is 20.8 Å². The molecule has 0 aliphatic carbocycles. The largest absolute Gasteiger partial charge is 0.402 e. The summed E-state index contributed by atoms with van der Waals surface area (Å²) in [5, 5.41) is 0. The average Bonchev–Trinajstić information content (AvgIpc) is 3.45. The van der Waals surface area contributed by atoms with E-state index in [4.69, 9.17) is 5.73 Å². The number of nitrogens with one attached hydrogen (secondary N) is 1. The molecule has 4 aromatic rings. The predicted molar refractivity (Wildman–Crippen MR) is 184 cm³/mol. The molecule has 268 valence electrons. The third-order valence-corrected chi connectivity index (χ3v) is 11.8. The first-order chi connectivity index (χ1) is 24.1. The maximum Gasteiger partial charge on any atom is 0.402 e. The molecule has 0 bridgehead atoms. The lowest BCUT2D eigenvalue weighted by atomic mass is 9.74. The van der Waals surface area contributed by atoms with E-state index >= 15 is 13.2 Å². The molecular weight excluding hydrogens is 701 g/mol. The highest BCUT2D eigenvalue weighted by atomic mass is 32.2. The van der Waals surface area contributed by atoms with Crippen molar-refractivity contribution in [2.24, 2.45) is 5.73 Å². The maximum atomic E-state index is 15.1. The summed E-state index contributed by atoms with van der Waals surface area (Å²) < 4.78 is 75.4. The summed E-state index contributed by atoms with van der Waals surface area (Å²) in [6, 6.07) is 11.8. The summed E-state index contributed by atoms with van der Waals surface area (Å²) in [4.78, 5) is 65.9. The van der Waals surface area contributed by atoms with E-state index in [0.717, 1.165) is 53.1 Å². The summed E-state index contributed by atoms with van der Waals surface area (Å²) >= 11 is 0. The third kappa shape index (κ3) is 5.17. The molecule has 6 rings (SSSR count). The Kier molecular flexibility index (Phi) is 8.21. The van der Waals surface area contributed by atoms with E-state index in [1.807, 2.05) is 0 Å². The lowest BCUT2D eigenvalue weighted by molar-refractivity contribution is -0.173. The minimum absolute atomic E-state index is 0.0372. The van der Waals surface area contributed by atoms with Crippen molar-refractivity contribution in [2.45, 2.75) is 51.1 Å². The van der Waals surface area contributed by atoms with Crippen molar-refractivity contribution in [3.05, 3.63) is 122 Å². The van der Waals surface area contributed by atoms with E-state index in [2.05, 4.69) is 4.72 Å². The second-order valence-corrected chi connectivity index (χ2v) is 14.6. The second-order valence-electron chi connectivity index (χ2n) is 13.0. The van der Waals surface area contributed by atoms with E-state index in [-0.39, 0.29) is 55.2 Å². The van der Waals surface area contributed by atoms with Crippen LogP contribution in [0.25, 0.3) is 0 Å². The first kappa shape index (κ1) is 36.0. The van der Waals surface area contributed by atoms with Crippen molar-refractivity contribution in [1.82, 2.24) is 4.90 Å². The number of hydrogen-bond acceptors (Lipinski definition) is 7. The molecule has 2 heterocycles. The van der Waals surface area contributed by atoms with Crippen LogP contribution >= 0.6 is 0 Å². The molecule has 15 heteroatoms. The number of sulfonamides is 1. The maximum absolute atomic E-state index is 15.1. The van der Waals surface area contributed by atoms with Crippen LogP contribution in [0, 0.1) is 27.7 Å². The van der Waals surface area contributed by atoms with E-state index < -0.39 is 56.7 Å². The molecule has 1 unspecified atom stereocenters. The smallest absolute Gasteiger partial charge is 0.366 e. The highest BCUT2D eigenvalue weighted by molar-refractivity contribution is 7.92. The van der Waals surface area contributed by atoms with Crippen LogP contribution in [0.3, 0.4) is 0 Å². The number of carbonyl (C=O) groups excluding carboxylic acids is 5. The quantitative estimate of drug-likeness (QED) is 0.230. The van der Waals surface area contributed by atoms with Crippen LogP contribution in [0.15, 0.2) is 65.6 Å². The summed E-state index contributed by atoms with van der Waals surface area (Å²) in [6.07, 6.45) is -4.98. The Labute approximate surface area is 296 Å². The van der Waals surface area contributed by atoms with Gasteiger partial charge in [0.2, 0.25) is 5.91 Å². The zero-order valence-corrected chi connectivity index (χ0v) is 29.5. The Bertz CT molecular complexity index is 2420. The first-order valence-electron chi connectivity index (χ1n) is 15.7. The van der Waals surface area contributed by atoms with E-state index in [1.165, 1.54) is 38.2 Å². The van der Waals surface area contributed by atoms with Crippen LogP contribution in [0.4, 0.5) is 24.5 Å². The Morgan fingerprint density at radius 3 is 1.69 bits per heavy atom. The molecule has 4 aromatic carbocycles. The highest BCUT2D eigenvalue weighted by Crippen LogP contribution is 2.48. The van der Waals surface area contributed by atoms with Gasteiger partial charge in [0.15, 0.2) is 0 Å². The van der Waals surface area contributed by atoms with Gasteiger partial charge in [-0.2, -0.15) is 13.2 Å². The van der Waals surface area contributed by atoms with Crippen molar-refractivity contribution in [2.75, 3.05) is 16.7 Å². The van der Waals surface area contributed by atoms with Gasteiger partial charge in [-0.3, -0.25) is 33.6 Å². The fraction of sp³-hybridized carbons (Fsp3) is 0.216. The number of benzene rings is 4. The van der Waals surface area contributed by atoms with Crippen molar-refractivity contribution in [3.63, 3.8) is 0 Å². The van der Waals surface area contributed by atoms with Crippen molar-refractivity contribution in [1.29, 1.82) is 0 Å². The lowest BCUT2D eigenvalue weighted by Crippen LogP contribution is -2.41. The number of amides is 5. The Hall–Kier alpha value is -5.83. The summed E-state index contributed by atoms with van der Waals surface area (Å²) in [5.74, 6) is -3.94. The summed E-state index contributed by atoms with van der Waals surface area (Å²) in [5.41, 5.74) is 2.40. The first-order valence-corrected chi connectivity index (χ1v) is 17.2. The molecule has 0 aromatic heterocycles. The molecule has 11 nitrogen and oxygen atoms in total. The standard InChI is InChI=1S/C37H31F3N4O7S/c1-17-18(2)29(20(4)30(19(17)3)52(50,51)42-24-11-7-21(8-12-24)31(41)45)44-34(48)26-14-10-23(16-28(26)35(44)49)36(5,37(38,39)40)22-9-13-25-27(15-22)33(47)43(6)32(25)46/h7-16,42H,1-6H3,(H2,41,45). The normalized spacial score (nSPS) is 15.6. The number of rotatable bonds is 7. The number of imide groups is 2. The molecule has 0 fully saturated rings. The van der Waals surface area contributed by atoms with Gasteiger partial charge in [0, 0.05) is 18.3 Å². The SMILES string of the molecule is Cc1c(C)c(N2C(=O)c3ccc(C(C)(c4ccc5c(c4)C(=O)N(C)C5=O)C(F)(F)F)cc3C2=O)c(C)c(S(=O)(=O)Nc2ccc(C(N)=O)cc2)c1C. The van der Waals surface area contributed by atoms with E-state index in [9.17, 15) is 32.4 Å². The molecule has 0 spiro atoms. The molecule has 5 amide bonds. The number of alkyl halides is 3. The average molecular weight is 733 g/mol. The van der Waals surface area contributed by atoms with Crippen molar-refractivity contribution in [3.8, 4) is 0 Å². The van der Waals surface area contributed by atoms with Crippen molar-refractivity contribution >= 4 is 50.9 Å². The molecule has 0 saturated heterocycles. The number of primary amides is 1. The second kappa shape index (κ2) is 11.9. The fourth-order valence-corrected chi connectivity index (χ4v) is 8.47. The summed E-state index contributed by atoms with van der Waals surface area (Å²) in [7, 11) is -3.15. The Morgan fingerprint density at radius 1 is 0.692 bits per heavy atom. The minimum atomic E-state index is -4.98. The Balaban J connectivity index is 1.44. The number of hydrogen-bond donors (Lipinski definition) is 2. The van der Waals surface area contributed by atoms with Crippen LogP contribution in [0.1, 0.15) is 92.1 Å². The van der Waals surface area contributed by atoms with Crippen LogP contribution in [-0.2, 0) is 15.4 Å². The van der Waals surface area contributed by atoms with Crippen molar-refractivity contribution < 1.29 is 45.6 Å². The number of halogens is 3. The monoisotopic (exact) mass is 732 g/mol. The van der Waals surface area contributed by atoms with Crippen LogP contribution in [0.5, 0.6) is 0 Å². The van der Waals surface area contributed by atoms with Gasteiger partial charge in [0.25, 0.3) is 33.7 Å². The van der Waals surface area contributed by atoms with Crippen LogP contribution < -0.4 is 15.4 Å². The zero-order chi connectivity index (χ0) is 38.4. The predicted octanol–water partition coefficient (Wildman–Crippen LogP) is 5.71. The van der Waals surface area contributed by atoms with Gasteiger partial charge in [-0.15, -0.1) is 0 Å². The number of nitrogens with zero attached hydrogens (tertiary/aromatic N) is 2. The third-order valence-electron chi connectivity index (χ3n) is 10.1. The van der Waals surface area contributed by atoms with Gasteiger partial charge >= 0.3 is 6.18 Å². The van der Waals surface area contributed by atoms with Gasteiger partial charge in [-0.1, -0.05) is 12.1 Å². The van der Waals surface area contributed by atoms with Crippen LogP contribution in [0.2, 0.25) is 0 Å². The number of anilines is 2. The zero-order valence-electron chi connectivity index (χ0n) is 28.6. The van der Waals surface area contributed by atoms with Gasteiger partial charge in [-0.05, 0) is 117 Å². The van der Waals surface area contributed by atoms with Crippen LogP contribution in [-0.4, -0.2) is 56.1 Å². The number of nitrogens with two attached hydrogens (primary N) is 1. The highest BCUT2D eigenvalue weighted by Gasteiger charge is 2.55. The van der Waals surface area contributed by atoms with Gasteiger partial charge < -0.3 is 5.73 Å². The number of fused-ring (bicyclic) bond motifs is 2. The summed E-state index contributed by atoms with van der Waals surface area (Å²) in [6.45, 7) is 7.09. The molecule has 3 N–H and O–H groups in total. The fourth-order valence-electron chi connectivity index (χ4n) is 6.87. The molecule has 1 atom stereocenters. The number of carbonyl (C=O) groups is 5. The molecule has 0 radical (unpaired) electrons. The Morgan fingerprint density at radius 2 is 1.17 bits per heavy atom.